The van der Waals surface area contributed by atoms with Crippen molar-refractivity contribution in [3.63, 3.8) is 0 Å². The summed E-state index contributed by atoms with van der Waals surface area (Å²) in [6, 6.07) is 11.8. The molecule has 3 nitrogen and oxygen atoms in total. The summed E-state index contributed by atoms with van der Waals surface area (Å²) in [7, 11) is 0. The van der Waals surface area contributed by atoms with E-state index >= 15 is 0 Å². The van der Waals surface area contributed by atoms with Crippen LogP contribution in [0.4, 0.5) is 11.5 Å². The number of nitrogen functional groups attached to an aromatic ring is 2. The smallest absolute Gasteiger partial charge is 0.147 e. The third kappa shape index (κ3) is 1.91. The van der Waals surface area contributed by atoms with Gasteiger partial charge in [0.15, 0.2) is 0 Å². The molecule has 4 N–H and O–H groups in total. The van der Waals surface area contributed by atoms with Gasteiger partial charge in [0.1, 0.15) is 5.82 Å². The van der Waals surface area contributed by atoms with Crippen LogP contribution in [0.1, 0.15) is 5.56 Å². The Labute approximate surface area is 88.8 Å². The van der Waals surface area contributed by atoms with Gasteiger partial charge < -0.3 is 11.5 Å². The maximum Gasteiger partial charge on any atom is 0.147 e. The molecule has 0 aliphatic rings. The Kier molecular flexibility index (Phi) is 2.29. The van der Waals surface area contributed by atoms with Crippen molar-refractivity contribution in [1.82, 2.24) is 4.98 Å². The van der Waals surface area contributed by atoms with Crippen molar-refractivity contribution in [1.29, 1.82) is 0 Å². The van der Waals surface area contributed by atoms with Crippen molar-refractivity contribution < 1.29 is 0 Å². The van der Waals surface area contributed by atoms with Crippen molar-refractivity contribution >= 4 is 11.5 Å². The van der Waals surface area contributed by atoms with Gasteiger partial charge in [-0.3, -0.25) is 0 Å². The summed E-state index contributed by atoms with van der Waals surface area (Å²) in [5.74, 6) is 0.382. The molecule has 0 amide bonds. The van der Waals surface area contributed by atoms with Crippen LogP contribution in [-0.4, -0.2) is 4.98 Å². The minimum Gasteiger partial charge on any atom is -0.396 e. The number of nitrogens with zero attached hydrogens (tertiary/aromatic N) is 1. The third-order valence-corrected chi connectivity index (χ3v) is 2.30. The first-order valence-electron chi connectivity index (χ1n) is 4.76. The summed E-state index contributed by atoms with van der Waals surface area (Å²) in [4.78, 5) is 4.23. The molecule has 2 aromatic rings. The fraction of sp³-hybridized carbons (Fsp3) is 0.0833. The molecule has 3 heteroatoms. The normalized spacial score (nSPS) is 10.2. The second-order valence-electron chi connectivity index (χ2n) is 3.54. The maximum absolute atomic E-state index is 5.65. The Morgan fingerprint density at radius 2 is 1.60 bits per heavy atom. The number of hydrogen-bond acceptors (Lipinski definition) is 3. The van der Waals surface area contributed by atoms with Crippen LogP contribution >= 0.6 is 0 Å². The quantitative estimate of drug-likeness (QED) is 0.740. The highest BCUT2D eigenvalue weighted by atomic mass is 14.9. The average molecular weight is 199 g/mol. The molecule has 0 aliphatic carbocycles. The van der Waals surface area contributed by atoms with E-state index in [2.05, 4.69) is 11.9 Å². The summed E-state index contributed by atoms with van der Waals surface area (Å²) in [6.07, 6.45) is 0. The van der Waals surface area contributed by atoms with Gasteiger partial charge in [0.25, 0.3) is 0 Å². The van der Waals surface area contributed by atoms with Gasteiger partial charge in [0, 0.05) is 5.56 Å². The first kappa shape index (κ1) is 9.52. The van der Waals surface area contributed by atoms with Gasteiger partial charge in [0.2, 0.25) is 0 Å². The predicted molar refractivity (Wildman–Crippen MR) is 63.2 cm³/mol. The number of aryl methyl sites for hydroxylation is 1. The Hall–Kier alpha value is -2.03. The summed E-state index contributed by atoms with van der Waals surface area (Å²) in [5.41, 5.74) is 14.9. The second kappa shape index (κ2) is 3.61. The molecule has 0 bridgehead atoms. The van der Waals surface area contributed by atoms with E-state index in [1.165, 1.54) is 5.56 Å². The van der Waals surface area contributed by atoms with Crippen molar-refractivity contribution in [3.8, 4) is 11.3 Å². The van der Waals surface area contributed by atoms with Crippen LogP contribution in [0, 0.1) is 6.92 Å². The number of pyridine rings is 1. The van der Waals surface area contributed by atoms with Crippen LogP contribution in [0.15, 0.2) is 36.4 Å². The molecule has 2 rings (SSSR count). The molecule has 0 atom stereocenters. The lowest BCUT2D eigenvalue weighted by molar-refractivity contribution is 1.33. The van der Waals surface area contributed by atoms with E-state index in [1.807, 2.05) is 30.3 Å². The Balaban J connectivity index is 2.45. The van der Waals surface area contributed by atoms with Crippen molar-refractivity contribution in [2.24, 2.45) is 0 Å². The first-order chi connectivity index (χ1) is 7.16. The largest absolute Gasteiger partial charge is 0.396 e. The van der Waals surface area contributed by atoms with E-state index in [-0.39, 0.29) is 0 Å². The van der Waals surface area contributed by atoms with Crippen LogP contribution < -0.4 is 11.5 Å². The van der Waals surface area contributed by atoms with Crippen molar-refractivity contribution in [2.75, 3.05) is 11.5 Å². The summed E-state index contributed by atoms with van der Waals surface area (Å²) in [5, 5.41) is 0. The summed E-state index contributed by atoms with van der Waals surface area (Å²) < 4.78 is 0. The Morgan fingerprint density at radius 3 is 2.20 bits per heavy atom. The van der Waals surface area contributed by atoms with Gasteiger partial charge in [-0.25, -0.2) is 4.98 Å². The summed E-state index contributed by atoms with van der Waals surface area (Å²) >= 11 is 0. The van der Waals surface area contributed by atoms with Crippen LogP contribution in [-0.2, 0) is 0 Å². The van der Waals surface area contributed by atoms with Gasteiger partial charge in [-0.2, -0.15) is 0 Å². The molecule has 1 aromatic carbocycles. The molecule has 0 spiro atoms. The van der Waals surface area contributed by atoms with Crippen molar-refractivity contribution in [2.45, 2.75) is 6.92 Å². The molecule has 15 heavy (non-hydrogen) atoms. The predicted octanol–water partition coefficient (Wildman–Crippen LogP) is 2.22. The van der Waals surface area contributed by atoms with Crippen LogP contribution in [0.25, 0.3) is 11.3 Å². The molecule has 0 saturated heterocycles. The molecule has 0 aliphatic heterocycles. The zero-order chi connectivity index (χ0) is 10.8. The van der Waals surface area contributed by atoms with Gasteiger partial charge >= 0.3 is 0 Å². The minimum absolute atomic E-state index is 0.382. The van der Waals surface area contributed by atoms with Crippen molar-refractivity contribution in [3.05, 3.63) is 42.0 Å². The lowest BCUT2D eigenvalue weighted by Crippen LogP contribution is -1.98. The highest BCUT2D eigenvalue weighted by Crippen LogP contribution is 2.21. The topological polar surface area (TPSA) is 64.9 Å². The molecule has 0 unspecified atom stereocenters. The number of hydrogen-bond donors (Lipinski definition) is 2. The zero-order valence-electron chi connectivity index (χ0n) is 8.57. The highest BCUT2D eigenvalue weighted by molar-refractivity contribution is 5.67. The molecule has 0 radical (unpaired) electrons. The molecular weight excluding hydrogens is 186 g/mol. The SMILES string of the molecule is Cc1ccc(-c2ccc(N)c(N)n2)cc1. The standard InChI is InChI=1S/C12H13N3/c1-8-2-4-9(5-3-8)11-7-6-10(13)12(14)15-11/h2-7H,13H2,1H3,(H2,14,15). The highest BCUT2D eigenvalue weighted by Gasteiger charge is 2.01. The van der Waals surface area contributed by atoms with Crippen LogP contribution in [0.5, 0.6) is 0 Å². The van der Waals surface area contributed by atoms with E-state index in [1.54, 1.807) is 6.07 Å². The van der Waals surface area contributed by atoms with Gasteiger partial charge in [0.05, 0.1) is 11.4 Å². The number of rotatable bonds is 1. The Bertz CT molecular complexity index is 475. The van der Waals surface area contributed by atoms with Gasteiger partial charge in [-0.1, -0.05) is 29.8 Å². The van der Waals surface area contributed by atoms with Crippen LogP contribution in [0.2, 0.25) is 0 Å². The number of benzene rings is 1. The maximum atomic E-state index is 5.65. The lowest BCUT2D eigenvalue weighted by Gasteiger charge is -2.04. The molecule has 0 saturated carbocycles. The van der Waals surface area contributed by atoms with Gasteiger partial charge in [-0.15, -0.1) is 0 Å². The number of aromatic nitrogens is 1. The van der Waals surface area contributed by atoms with Gasteiger partial charge in [-0.05, 0) is 19.1 Å². The number of nitrogens with two attached hydrogens (primary N) is 2. The minimum atomic E-state index is 0.382. The monoisotopic (exact) mass is 199 g/mol. The fourth-order valence-corrected chi connectivity index (χ4v) is 1.37. The number of anilines is 2. The Morgan fingerprint density at radius 1 is 0.933 bits per heavy atom. The molecular formula is C12H13N3. The molecule has 76 valence electrons. The average Bonchev–Trinajstić information content (AvgIpc) is 2.23. The second-order valence-corrected chi connectivity index (χ2v) is 3.54. The van der Waals surface area contributed by atoms with Crippen LogP contribution in [0.3, 0.4) is 0 Å². The van der Waals surface area contributed by atoms with E-state index in [0.29, 0.717) is 11.5 Å². The molecule has 1 heterocycles. The lowest BCUT2D eigenvalue weighted by atomic mass is 10.1. The summed E-state index contributed by atoms with van der Waals surface area (Å²) in [6.45, 7) is 2.05. The van der Waals surface area contributed by atoms with E-state index in [4.69, 9.17) is 11.5 Å². The fourth-order valence-electron chi connectivity index (χ4n) is 1.37. The third-order valence-electron chi connectivity index (χ3n) is 2.30. The van der Waals surface area contributed by atoms with E-state index < -0.39 is 0 Å². The molecule has 0 fully saturated rings. The molecule has 1 aromatic heterocycles. The zero-order valence-corrected chi connectivity index (χ0v) is 8.57. The van der Waals surface area contributed by atoms with E-state index in [9.17, 15) is 0 Å². The van der Waals surface area contributed by atoms with E-state index in [0.717, 1.165) is 11.3 Å². The first-order valence-corrected chi connectivity index (χ1v) is 4.76.